The molecule has 0 spiro atoms. The van der Waals surface area contributed by atoms with Crippen LogP contribution in [0.2, 0.25) is 0 Å². The number of aliphatic hydroxyl groups excluding tert-OH is 1. The third-order valence-electron chi connectivity index (χ3n) is 5.62. The van der Waals surface area contributed by atoms with Gasteiger partial charge in [0.15, 0.2) is 6.10 Å². The summed E-state index contributed by atoms with van der Waals surface area (Å²) in [4.78, 5) is 20.9. The number of nitrogen functional groups attached to an aromatic ring is 1. The molecule has 0 saturated carbocycles. The van der Waals surface area contributed by atoms with Gasteiger partial charge in [-0.15, -0.1) is 0 Å². The molecule has 1 aromatic heterocycles. The van der Waals surface area contributed by atoms with Gasteiger partial charge in [-0.3, -0.25) is 4.79 Å². The minimum absolute atomic E-state index is 0.0478. The van der Waals surface area contributed by atoms with E-state index in [9.17, 15) is 23.1 Å². The number of para-hydroxylation sites is 1. The second-order valence-corrected chi connectivity index (χ2v) is 7.48. The van der Waals surface area contributed by atoms with Crippen molar-refractivity contribution in [2.75, 3.05) is 23.7 Å². The maximum Gasteiger partial charge on any atom is 0.418 e. The van der Waals surface area contributed by atoms with E-state index in [0.29, 0.717) is 30.2 Å². The van der Waals surface area contributed by atoms with Crippen molar-refractivity contribution in [1.82, 2.24) is 9.88 Å². The van der Waals surface area contributed by atoms with Gasteiger partial charge in [0.05, 0.1) is 5.56 Å². The van der Waals surface area contributed by atoms with Gasteiger partial charge in [0.2, 0.25) is 0 Å². The fourth-order valence-corrected chi connectivity index (χ4v) is 4.24. The van der Waals surface area contributed by atoms with Crippen LogP contribution >= 0.6 is 0 Å². The molecule has 3 heterocycles. The van der Waals surface area contributed by atoms with Crippen LogP contribution in [0.5, 0.6) is 0 Å². The van der Waals surface area contributed by atoms with Gasteiger partial charge in [-0.1, -0.05) is 12.1 Å². The van der Waals surface area contributed by atoms with Crippen LogP contribution in [0, 0.1) is 0 Å². The summed E-state index contributed by atoms with van der Waals surface area (Å²) in [5.74, 6) is 0.249. The Kier molecular flexibility index (Phi) is 4.85. The minimum Gasteiger partial charge on any atom is -0.398 e. The summed E-state index contributed by atoms with van der Waals surface area (Å²) >= 11 is 0. The number of amides is 1. The monoisotopic (exact) mass is 406 g/mol. The van der Waals surface area contributed by atoms with Crippen LogP contribution in [0.1, 0.15) is 34.9 Å². The van der Waals surface area contributed by atoms with Crippen LogP contribution in [-0.2, 0) is 0 Å². The first kappa shape index (κ1) is 19.5. The van der Waals surface area contributed by atoms with E-state index in [1.54, 1.807) is 29.2 Å². The predicted octanol–water partition coefficient (Wildman–Crippen LogP) is 2.75. The quantitative estimate of drug-likeness (QED) is 0.766. The zero-order chi connectivity index (χ0) is 20.8. The average Bonchev–Trinajstić information content (AvgIpc) is 2.96. The van der Waals surface area contributed by atoms with Crippen molar-refractivity contribution in [3.63, 3.8) is 0 Å². The number of hydrogen-bond acceptors (Lipinski definition) is 5. The fourth-order valence-electron chi connectivity index (χ4n) is 4.24. The van der Waals surface area contributed by atoms with E-state index in [-0.39, 0.29) is 23.6 Å². The van der Waals surface area contributed by atoms with Crippen LogP contribution < -0.4 is 10.6 Å². The Hall–Kier alpha value is -2.81. The molecule has 154 valence electrons. The second-order valence-electron chi connectivity index (χ2n) is 7.48. The van der Waals surface area contributed by atoms with Crippen molar-refractivity contribution in [2.45, 2.75) is 37.2 Å². The number of piperazine rings is 1. The molecule has 1 aromatic carbocycles. The number of likely N-dealkylation sites (tertiary alicyclic amines) is 1. The number of carbonyl (C=O) groups excluding carboxylic acids is 1. The highest BCUT2D eigenvalue weighted by atomic mass is 19.4. The Labute approximate surface area is 165 Å². The maximum atomic E-state index is 12.9. The first-order valence-electron chi connectivity index (χ1n) is 9.38. The number of anilines is 2. The number of hydrogen-bond donors (Lipinski definition) is 2. The lowest BCUT2D eigenvalue weighted by Gasteiger charge is -2.42. The summed E-state index contributed by atoms with van der Waals surface area (Å²) < 4.78 is 38.6. The van der Waals surface area contributed by atoms with Crippen molar-refractivity contribution < 1.29 is 23.1 Å². The minimum atomic E-state index is -4.74. The highest BCUT2D eigenvalue weighted by Crippen LogP contribution is 2.37. The summed E-state index contributed by atoms with van der Waals surface area (Å²) in [5, 5.41) is 9.56. The predicted molar refractivity (Wildman–Crippen MR) is 101 cm³/mol. The number of carbonyl (C=O) groups is 1. The summed E-state index contributed by atoms with van der Waals surface area (Å²) in [5.41, 5.74) is 6.56. The zero-order valence-electron chi connectivity index (χ0n) is 15.5. The summed E-state index contributed by atoms with van der Waals surface area (Å²) in [6.07, 6.45) is -4.38. The second kappa shape index (κ2) is 7.22. The van der Waals surface area contributed by atoms with Gasteiger partial charge in [-0.05, 0) is 42.7 Å². The third kappa shape index (κ3) is 3.62. The van der Waals surface area contributed by atoms with Crippen molar-refractivity contribution >= 4 is 17.4 Å². The molecule has 2 aliphatic rings. The number of fused-ring (bicyclic) bond motifs is 2. The van der Waals surface area contributed by atoms with Gasteiger partial charge in [0.1, 0.15) is 5.82 Å². The van der Waals surface area contributed by atoms with Crippen LogP contribution in [-0.4, -0.2) is 52.2 Å². The fraction of sp³-hybridized carbons (Fsp3) is 0.400. The molecule has 2 bridgehead atoms. The summed E-state index contributed by atoms with van der Waals surface area (Å²) in [6, 6.07) is 9.26. The molecule has 29 heavy (non-hydrogen) atoms. The zero-order valence-corrected chi connectivity index (χ0v) is 15.5. The lowest BCUT2D eigenvalue weighted by atomic mass is 10.1. The number of nitrogens with zero attached hydrogens (tertiary/aromatic N) is 3. The van der Waals surface area contributed by atoms with Gasteiger partial charge < -0.3 is 20.6 Å². The van der Waals surface area contributed by atoms with Crippen molar-refractivity contribution in [2.24, 2.45) is 0 Å². The van der Waals surface area contributed by atoms with Gasteiger partial charge in [0, 0.05) is 37.1 Å². The lowest BCUT2D eigenvalue weighted by Crippen LogP contribution is -2.55. The Bertz CT molecular complexity index is 907. The van der Waals surface area contributed by atoms with E-state index in [4.69, 9.17) is 5.73 Å². The van der Waals surface area contributed by atoms with Gasteiger partial charge in [-0.25, -0.2) is 4.98 Å². The summed E-state index contributed by atoms with van der Waals surface area (Å²) in [7, 11) is 0. The number of benzene rings is 1. The number of alkyl halides is 3. The Morgan fingerprint density at radius 2 is 1.83 bits per heavy atom. The van der Waals surface area contributed by atoms with E-state index in [1.807, 2.05) is 4.90 Å². The highest BCUT2D eigenvalue weighted by Gasteiger charge is 2.43. The van der Waals surface area contributed by atoms with E-state index in [0.717, 1.165) is 12.8 Å². The number of nitrogens with two attached hydrogens (primary N) is 1. The van der Waals surface area contributed by atoms with Crippen molar-refractivity contribution in [3.8, 4) is 0 Å². The number of pyridine rings is 1. The molecule has 0 radical (unpaired) electrons. The van der Waals surface area contributed by atoms with Crippen molar-refractivity contribution in [3.05, 3.63) is 53.7 Å². The molecule has 3 N–H and O–H groups in total. The number of aliphatic hydroxyl groups is 1. The molecule has 4 rings (SSSR count). The molecule has 3 atom stereocenters. The number of aromatic nitrogens is 1. The summed E-state index contributed by atoms with van der Waals surface area (Å²) in [6.45, 7) is 0.884. The van der Waals surface area contributed by atoms with E-state index < -0.39 is 12.3 Å². The SMILES string of the molecule is Nc1ccccc1C(=O)N1CC2CCC(C1)N2c1cc(C(O)C(F)(F)F)ccn1. The Balaban J connectivity index is 1.55. The topological polar surface area (TPSA) is 82.7 Å². The molecular formula is C20H21F3N4O2. The van der Waals surface area contributed by atoms with Crippen LogP contribution in [0.4, 0.5) is 24.7 Å². The van der Waals surface area contributed by atoms with E-state index in [1.165, 1.54) is 18.3 Å². The molecule has 2 fully saturated rings. The standard InChI is InChI=1S/C20H21F3N4O2/c21-20(22,23)18(28)12-7-8-25-17(9-12)27-13-5-6-14(27)11-26(10-13)19(29)15-3-1-2-4-16(15)24/h1-4,7-9,13-14,18,28H,5-6,10-11,24H2. The van der Waals surface area contributed by atoms with E-state index in [2.05, 4.69) is 4.98 Å². The molecule has 6 nitrogen and oxygen atoms in total. The number of halogens is 3. The highest BCUT2D eigenvalue weighted by molar-refractivity contribution is 5.99. The number of rotatable bonds is 3. The van der Waals surface area contributed by atoms with Crippen LogP contribution in [0.3, 0.4) is 0 Å². The Morgan fingerprint density at radius 1 is 1.17 bits per heavy atom. The largest absolute Gasteiger partial charge is 0.418 e. The van der Waals surface area contributed by atoms with Gasteiger partial charge in [0.25, 0.3) is 5.91 Å². The molecule has 2 saturated heterocycles. The molecule has 2 aromatic rings. The first-order chi connectivity index (χ1) is 13.8. The molecule has 9 heteroatoms. The Morgan fingerprint density at radius 3 is 2.45 bits per heavy atom. The van der Waals surface area contributed by atoms with E-state index >= 15 is 0 Å². The van der Waals surface area contributed by atoms with Crippen LogP contribution in [0.15, 0.2) is 42.6 Å². The molecule has 3 unspecified atom stereocenters. The third-order valence-corrected chi connectivity index (χ3v) is 5.62. The van der Waals surface area contributed by atoms with Crippen LogP contribution in [0.25, 0.3) is 0 Å². The van der Waals surface area contributed by atoms with Crippen molar-refractivity contribution in [1.29, 1.82) is 0 Å². The molecule has 1 amide bonds. The molecule has 2 aliphatic heterocycles. The normalized spacial score (nSPS) is 22.6. The average molecular weight is 406 g/mol. The smallest absolute Gasteiger partial charge is 0.398 e. The molecule has 0 aliphatic carbocycles. The first-order valence-corrected chi connectivity index (χ1v) is 9.38. The molecular weight excluding hydrogens is 385 g/mol. The lowest BCUT2D eigenvalue weighted by molar-refractivity contribution is -0.206. The van der Waals surface area contributed by atoms with Gasteiger partial charge >= 0.3 is 6.18 Å². The van der Waals surface area contributed by atoms with Gasteiger partial charge in [-0.2, -0.15) is 13.2 Å². The maximum absolute atomic E-state index is 12.9.